The molecule has 3 rings (SSSR count). The minimum Gasteiger partial charge on any atom is -0.331 e. The molecule has 0 saturated heterocycles. The van der Waals surface area contributed by atoms with E-state index in [0.29, 0.717) is 16.6 Å². The number of carbonyl (C=O) groups is 1. The zero-order chi connectivity index (χ0) is 14.8. The number of hydrogen-bond acceptors (Lipinski definition) is 2. The fraction of sp³-hybridized carbons (Fsp3) is 0.250. The maximum atomic E-state index is 13.6. The quantitative estimate of drug-likeness (QED) is 0.842. The van der Waals surface area contributed by atoms with Crippen LogP contribution in [-0.4, -0.2) is 21.8 Å². The van der Waals surface area contributed by atoms with Crippen LogP contribution in [0, 0.1) is 5.82 Å². The molecular formula is C16H14BrFN2O. The van der Waals surface area contributed by atoms with Gasteiger partial charge in [-0.25, -0.2) is 4.39 Å². The molecule has 0 unspecified atom stereocenters. The van der Waals surface area contributed by atoms with Crippen molar-refractivity contribution in [3.8, 4) is 0 Å². The second-order valence-corrected chi connectivity index (χ2v) is 6.01. The van der Waals surface area contributed by atoms with E-state index in [0.717, 1.165) is 18.4 Å². The highest BCUT2D eigenvalue weighted by Crippen LogP contribution is 2.30. The van der Waals surface area contributed by atoms with Crippen molar-refractivity contribution < 1.29 is 9.18 Å². The first-order valence-electron chi connectivity index (χ1n) is 6.80. The Kier molecular flexibility index (Phi) is 4.01. The van der Waals surface area contributed by atoms with Crippen molar-refractivity contribution >= 4 is 21.8 Å². The van der Waals surface area contributed by atoms with Crippen LogP contribution in [0.3, 0.4) is 0 Å². The van der Waals surface area contributed by atoms with Gasteiger partial charge >= 0.3 is 0 Å². The van der Waals surface area contributed by atoms with Gasteiger partial charge in [-0.2, -0.15) is 0 Å². The van der Waals surface area contributed by atoms with E-state index in [1.807, 2.05) is 12.1 Å². The van der Waals surface area contributed by atoms with E-state index in [-0.39, 0.29) is 11.9 Å². The SMILES string of the molecule is O=C(c1ccc(Br)c(F)c1)N(Cc1cccnc1)C1CC1. The standard InChI is InChI=1S/C16H14BrFN2O/c17-14-6-3-12(8-15(14)18)16(21)20(13-4-5-13)10-11-2-1-7-19-9-11/h1-3,6-9,13H,4-5,10H2. The highest BCUT2D eigenvalue weighted by molar-refractivity contribution is 9.10. The average molecular weight is 349 g/mol. The molecule has 1 aliphatic rings. The molecule has 1 aromatic heterocycles. The third-order valence-corrected chi connectivity index (χ3v) is 4.13. The van der Waals surface area contributed by atoms with Crippen LogP contribution in [0.5, 0.6) is 0 Å². The molecule has 0 bridgehead atoms. The van der Waals surface area contributed by atoms with Gasteiger partial charge in [-0.3, -0.25) is 9.78 Å². The predicted octanol–water partition coefficient (Wildman–Crippen LogP) is 3.79. The minimum absolute atomic E-state index is 0.132. The molecule has 1 fully saturated rings. The molecule has 0 radical (unpaired) electrons. The van der Waals surface area contributed by atoms with E-state index >= 15 is 0 Å². The third kappa shape index (κ3) is 3.29. The van der Waals surface area contributed by atoms with Crippen LogP contribution in [0.15, 0.2) is 47.2 Å². The van der Waals surface area contributed by atoms with Gasteiger partial charge in [0.2, 0.25) is 0 Å². The highest BCUT2D eigenvalue weighted by Gasteiger charge is 2.33. The summed E-state index contributed by atoms with van der Waals surface area (Å²) in [4.78, 5) is 18.5. The number of benzene rings is 1. The second-order valence-electron chi connectivity index (χ2n) is 5.15. The lowest BCUT2D eigenvalue weighted by Gasteiger charge is -2.22. The molecule has 21 heavy (non-hydrogen) atoms. The van der Waals surface area contributed by atoms with Crippen LogP contribution in [-0.2, 0) is 6.54 Å². The molecule has 1 aliphatic carbocycles. The zero-order valence-corrected chi connectivity index (χ0v) is 12.9. The van der Waals surface area contributed by atoms with Crippen molar-refractivity contribution in [2.45, 2.75) is 25.4 Å². The molecule has 3 nitrogen and oxygen atoms in total. The Hall–Kier alpha value is -1.75. The van der Waals surface area contributed by atoms with E-state index in [1.54, 1.807) is 29.4 Å². The largest absolute Gasteiger partial charge is 0.331 e. The lowest BCUT2D eigenvalue weighted by Crippen LogP contribution is -2.32. The molecule has 0 aliphatic heterocycles. The zero-order valence-electron chi connectivity index (χ0n) is 11.3. The van der Waals surface area contributed by atoms with Gasteiger partial charge < -0.3 is 4.90 Å². The predicted molar refractivity (Wildman–Crippen MR) is 81.2 cm³/mol. The Morgan fingerprint density at radius 3 is 2.81 bits per heavy atom. The number of aromatic nitrogens is 1. The Balaban J connectivity index is 1.83. The van der Waals surface area contributed by atoms with Gasteiger partial charge in [-0.05, 0) is 58.6 Å². The van der Waals surface area contributed by atoms with Crippen molar-refractivity contribution in [3.05, 3.63) is 64.1 Å². The number of carbonyl (C=O) groups excluding carboxylic acids is 1. The highest BCUT2D eigenvalue weighted by atomic mass is 79.9. The smallest absolute Gasteiger partial charge is 0.254 e. The Morgan fingerprint density at radius 1 is 1.38 bits per heavy atom. The number of nitrogens with zero attached hydrogens (tertiary/aromatic N) is 2. The number of pyridine rings is 1. The summed E-state index contributed by atoms with van der Waals surface area (Å²) in [5, 5.41) is 0. The van der Waals surface area contributed by atoms with Crippen molar-refractivity contribution in [3.63, 3.8) is 0 Å². The van der Waals surface area contributed by atoms with Crippen LogP contribution in [0.1, 0.15) is 28.8 Å². The summed E-state index contributed by atoms with van der Waals surface area (Å²) < 4.78 is 14.0. The number of amides is 1. The molecule has 2 aromatic rings. The Bertz CT molecular complexity index is 659. The monoisotopic (exact) mass is 348 g/mol. The maximum Gasteiger partial charge on any atom is 0.254 e. The summed E-state index contributed by atoms with van der Waals surface area (Å²) >= 11 is 3.10. The van der Waals surface area contributed by atoms with E-state index in [4.69, 9.17) is 0 Å². The van der Waals surface area contributed by atoms with Crippen molar-refractivity contribution in [2.75, 3.05) is 0 Å². The Labute approximate surface area is 130 Å². The molecule has 0 N–H and O–H groups in total. The average Bonchev–Trinajstić information content (AvgIpc) is 3.33. The summed E-state index contributed by atoms with van der Waals surface area (Å²) in [6.45, 7) is 0.509. The summed E-state index contributed by atoms with van der Waals surface area (Å²) in [5.74, 6) is -0.550. The van der Waals surface area contributed by atoms with Gasteiger partial charge in [-0.1, -0.05) is 6.07 Å². The lowest BCUT2D eigenvalue weighted by atomic mass is 10.1. The van der Waals surface area contributed by atoms with Crippen LogP contribution >= 0.6 is 15.9 Å². The van der Waals surface area contributed by atoms with Gasteiger partial charge in [0.05, 0.1) is 4.47 Å². The van der Waals surface area contributed by atoms with E-state index in [1.165, 1.54) is 6.07 Å². The van der Waals surface area contributed by atoms with Crippen LogP contribution in [0.2, 0.25) is 0 Å². The molecule has 0 spiro atoms. The first kappa shape index (κ1) is 14.2. The maximum absolute atomic E-state index is 13.6. The fourth-order valence-electron chi connectivity index (χ4n) is 2.24. The minimum atomic E-state index is -0.419. The van der Waals surface area contributed by atoms with E-state index < -0.39 is 5.82 Å². The van der Waals surface area contributed by atoms with Crippen LogP contribution in [0.4, 0.5) is 4.39 Å². The van der Waals surface area contributed by atoms with Gasteiger partial charge in [0, 0.05) is 30.5 Å². The summed E-state index contributed by atoms with van der Waals surface area (Å²) in [5.41, 5.74) is 1.36. The molecule has 5 heteroatoms. The van der Waals surface area contributed by atoms with Crippen molar-refractivity contribution in [1.82, 2.24) is 9.88 Å². The Morgan fingerprint density at radius 2 is 2.19 bits per heavy atom. The second kappa shape index (κ2) is 5.93. The molecule has 1 amide bonds. The molecule has 1 heterocycles. The molecule has 1 saturated carbocycles. The number of halogens is 2. The third-order valence-electron chi connectivity index (χ3n) is 3.49. The van der Waals surface area contributed by atoms with Gasteiger partial charge in [-0.15, -0.1) is 0 Å². The topological polar surface area (TPSA) is 33.2 Å². The summed E-state index contributed by atoms with van der Waals surface area (Å²) in [6, 6.07) is 8.54. The molecule has 0 atom stereocenters. The number of hydrogen-bond donors (Lipinski definition) is 0. The molecule has 1 aromatic carbocycles. The van der Waals surface area contributed by atoms with Crippen molar-refractivity contribution in [2.24, 2.45) is 0 Å². The fourth-order valence-corrected chi connectivity index (χ4v) is 2.48. The van der Waals surface area contributed by atoms with Gasteiger partial charge in [0.25, 0.3) is 5.91 Å². The first-order chi connectivity index (χ1) is 10.1. The lowest BCUT2D eigenvalue weighted by molar-refractivity contribution is 0.0729. The van der Waals surface area contributed by atoms with Crippen LogP contribution < -0.4 is 0 Å². The summed E-state index contributed by atoms with van der Waals surface area (Å²) in [6.07, 6.45) is 5.47. The molecular weight excluding hydrogens is 335 g/mol. The first-order valence-corrected chi connectivity index (χ1v) is 7.59. The normalized spacial score (nSPS) is 14.0. The van der Waals surface area contributed by atoms with Crippen molar-refractivity contribution in [1.29, 1.82) is 0 Å². The molecule has 108 valence electrons. The van der Waals surface area contributed by atoms with Crippen LogP contribution in [0.25, 0.3) is 0 Å². The van der Waals surface area contributed by atoms with E-state index in [9.17, 15) is 9.18 Å². The summed E-state index contributed by atoms with van der Waals surface area (Å²) in [7, 11) is 0. The number of rotatable bonds is 4. The van der Waals surface area contributed by atoms with Gasteiger partial charge in [0.15, 0.2) is 0 Å². The van der Waals surface area contributed by atoms with E-state index in [2.05, 4.69) is 20.9 Å². The van der Waals surface area contributed by atoms with Gasteiger partial charge in [0.1, 0.15) is 5.82 Å².